The summed E-state index contributed by atoms with van der Waals surface area (Å²) in [5.74, 6) is -1.26. The molecule has 0 aromatic carbocycles. The average Bonchev–Trinajstić information content (AvgIpc) is 2.51. The molecule has 1 aromatic heterocycles. The number of aryl methyl sites for hydroxylation is 1. The van der Waals surface area contributed by atoms with Gasteiger partial charge < -0.3 is 5.11 Å². The number of Topliss-reactive ketones (excluding diaryl/α,β-unsaturated/α-hetero) is 1. The summed E-state index contributed by atoms with van der Waals surface area (Å²) in [6.45, 7) is 0. The lowest BCUT2D eigenvalue weighted by Crippen LogP contribution is -2.07. The number of thiophene rings is 1. The second kappa shape index (κ2) is 4.77. The van der Waals surface area contributed by atoms with E-state index in [0.29, 0.717) is 12.8 Å². The Hall–Kier alpha value is -1.16. The Morgan fingerprint density at radius 1 is 1.46 bits per heavy atom. The van der Waals surface area contributed by atoms with E-state index in [1.807, 2.05) is 16.8 Å². The molecule has 13 heavy (non-hydrogen) atoms. The highest BCUT2D eigenvalue weighted by Crippen LogP contribution is 2.08. The summed E-state index contributed by atoms with van der Waals surface area (Å²) < 4.78 is 0. The molecule has 4 heteroatoms. The third-order valence-corrected chi connectivity index (χ3v) is 2.35. The van der Waals surface area contributed by atoms with Crippen molar-refractivity contribution < 1.29 is 14.7 Å². The number of hydrogen-bond acceptors (Lipinski definition) is 3. The molecule has 0 aliphatic heterocycles. The second-order valence-electron chi connectivity index (χ2n) is 2.74. The zero-order chi connectivity index (χ0) is 9.68. The molecule has 0 radical (unpaired) electrons. The molecule has 0 aliphatic carbocycles. The molecular formula is C9H10O3S. The quantitative estimate of drug-likeness (QED) is 0.733. The Labute approximate surface area is 80.0 Å². The van der Waals surface area contributed by atoms with E-state index in [2.05, 4.69) is 0 Å². The first-order valence-corrected chi connectivity index (χ1v) is 4.87. The molecule has 1 heterocycles. The van der Waals surface area contributed by atoms with Crippen molar-refractivity contribution >= 4 is 23.1 Å². The molecule has 0 aliphatic rings. The SMILES string of the molecule is O=C(O)CC(=O)CCc1ccsc1. The predicted molar refractivity (Wildman–Crippen MR) is 49.9 cm³/mol. The van der Waals surface area contributed by atoms with E-state index < -0.39 is 5.97 Å². The van der Waals surface area contributed by atoms with Crippen molar-refractivity contribution in [1.29, 1.82) is 0 Å². The van der Waals surface area contributed by atoms with Crippen molar-refractivity contribution in [3.8, 4) is 0 Å². The number of hydrogen-bond donors (Lipinski definition) is 1. The molecule has 0 saturated heterocycles. The molecule has 1 N–H and O–H groups in total. The summed E-state index contributed by atoms with van der Waals surface area (Å²) in [6.07, 6.45) is 0.614. The van der Waals surface area contributed by atoms with Crippen molar-refractivity contribution in [2.45, 2.75) is 19.3 Å². The normalized spacial score (nSPS) is 9.85. The van der Waals surface area contributed by atoms with Crippen LogP contribution in [0.4, 0.5) is 0 Å². The Morgan fingerprint density at radius 2 is 2.23 bits per heavy atom. The van der Waals surface area contributed by atoms with E-state index >= 15 is 0 Å². The van der Waals surface area contributed by atoms with Gasteiger partial charge in [-0.25, -0.2) is 0 Å². The van der Waals surface area contributed by atoms with Crippen molar-refractivity contribution in [1.82, 2.24) is 0 Å². The minimum absolute atomic E-state index is 0.210. The van der Waals surface area contributed by atoms with E-state index in [4.69, 9.17) is 5.11 Å². The first-order chi connectivity index (χ1) is 6.18. The van der Waals surface area contributed by atoms with Gasteiger partial charge in [-0.2, -0.15) is 11.3 Å². The van der Waals surface area contributed by atoms with Crippen LogP contribution in [-0.2, 0) is 16.0 Å². The monoisotopic (exact) mass is 198 g/mol. The van der Waals surface area contributed by atoms with Gasteiger partial charge in [0.2, 0.25) is 0 Å². The number of aliphatic carboxylic acids is 1. The van der Waals surface area contributed by atoms with Crippen LogP contribution in [0.5, 0.6) is 0 Å². The average molecular weight is 198 g/mol. The summed E-state index contributed by atoms with van der Waals surface area (Å²) in [7, 11) is 0. The van der Waals surface area contributed by atoms with Crippen LogP contribution >= 0.6 is 11.3 Å². The lowest BCUT2D eigenvalue weighted by molar-refractivity contribution is -0.140. The van der Waals surface area contributed by atoms with Crippen LogP contribution < -0.4 is 0 Å². The van der Waals surface area contributed by atoms with Crippen molar-refractivity contribution in [3.05, 3.63) is 22.4 Å². The fraction of sp³-hybridized carbons (Fsp3) is 0.333. The molecule has 3 nitrogen and oxygen atoms in total. The van der Waals surface area contributed by atoms with Crippen LogP contribution in [0.1, 0.15) is 18.4 Å². The topological polar surface area (TPSA) is 54.4 Å². The number of rotatable bonds is 5. The fourth-order valence-corrected chi connectivity index (χ4v) is 1.68. The number of carbonyl (C=O) groups is 2. The van der Waals surface area contributed by atoms with Gasteiger partial charge in [-0.3, -0.25) is 9.59 Å². The Kier molecular flexibility index (Phi) is 3.64. The van der Waals surface area contributed by atoms with Crippen molar-refractivity contribution in [2.24, 2.45) is 0 Å². The van der Waals surface area contributed by atoms with Gasteiger partial charge in [-0.15, -0.1) is 0 Å². The molecule has 0 amide bonds. The summed E-state index contributed by atoms with van der Waals surface area (Å²) in [5, 5.41) is 12.2. The maximum absolute atomic E-state index is 11.0. The molecular weight excluding hydrogens is 188 g/mol. The van der Waals surface area contributed by atoms with Crippen LogP contribution in [0, 0.1) is 0 Å². The van der Waals surface area contributed by atoms with Crippen molar-refractivity contribution in [3.63, 3.8) is 0 Å². The molecule has 0 unspecified atom stereocenters. The summed E-state index contributed by atoms with van der Waals surface area (Å²) >= 11 is 1.58. The predicted octanol–water partition coefficient (Wildman–Crippen LogP) is 1.72. The molecule has 70 valence electrons. The lowest BCUT2D eigenvalue weighted by Gasteiger charge is -1.95. The summed E-state index contributed by atoms with van der Waals surface area (Å²) in [5.41, 5.74) is 1.10. The zero-order valence-corrected chi connectivity index (χ0v) is 7.84. The van der Waals surface area contributed by atoms with E-state index in [1.165, 1.54) is 0 Å². The van der Waals surface area contributed by atoms with Gasteiger partial charge in [0.05, 0.1) is 0 Å². The molecule has 0 bridgehead atoms. The van der Waals surface area contributed by atoms with Gasteiger partial charge in [0.25, 0.3) is 0 Å². The Balaban J connectivity index is 2.27. The zero-order valence-electron chi connectivity index (χ0n) is 7.03. The highest BCUT2D eigenvalue weighted by Gasteiger charge is 2.07. The molecule has 0 spiro atoms. The first-order valence-electron chi connectivity index (χ1n) is 3.93. The van der Waals surface area contributed by atoms with Crippen LogP contribution in [0.25, 0.3) is 0 Å². The molecule has 1 rings (SSSR count). The highest BCUT2D eigenvalue weighted by atomic mass is 32.1. The second-order valence-corrected chi connectivity index (χ2v) is 3.52. The maximum Gasteiger partial charge on any atom is 0.310 e. The number of carboxylic acids is 1. The van der Waals surface area contributed by atoms with Gasteiger partial charge in [0.15, 0.2) is 0 Å². The van der Waals surface area contributed by atoms with Crippen LogP contribution in [0.15, 0.2) is 16.8 Å². The van der Waals surface area contributed by atoms with Gasteiger partial charge in [0, 0.05) is 6.42 Å². The van der Waals surface area contributed by atoms with E-state index in [-0.39, 0.29) is 12.2 Å². The standard InChI is InChI=1S/C9H10O3S/c10-8(5-9(11)12)2-1-7-3-4-13-6-7/h3-4,6H,1-2,5H2,(H,11,12). The van der Waals surface area contributed by atoms with Gasteiger partial charge in [-0.05, 0) is 28.8 Å². The Morgan fingerprint density at radius 3 is 2.77 bits per heavy atom. The molecule has 1 aromatic rings. The maximum atomic E-state index is 11.0. The molecule has 0 fully saturated rings. The van der Waals surface area contributed by atoms with Gasteiger partial charge >= 0.3 is 5.97 Å². The number of carbonyl (C=O) groups excluding carboxylic acids is 1. The van der Waals surface area contributed by atoms with Crippen LogP contribution in [0.3, 0.4) is 0 Å². The smallest absolute Gasteiger partial charge is 0.310 e. The van der Waals surface area contributed by atoms with E-state index in [1.54, 1.807) is 11.3 Å². The third kappa shape index (κ3) is 3.85. The van der Waals surface area contributed by atoms with E-state index in [9.17, 15) is 9.59 Å². The molecule has 0 saturated carbocycles. The lowest BCUT2D eigenvalue weighted by atomic mass is 10.1. The van der Waals surface area contributed by atoms with Crippen LogP contribution in [0.2, 0.25) is 0 Å². The minimum Gasteiger partial charge on any atom is -0.481 e. The fourth-order valence-electron chi connectivity index (χ4n) is 0.976. The van der Waals surface area contributed by atoms with Gasteiger partial charge in [0.1, 0.15) is 12.2 Å². The number of ketones is 1. The Bertz CT molecular complexity index is 290. The van der Waals surface area contributed by atoms with E-state index in [0.717, 1.165) is 5.56 Å². The van der Waals surface area contributed by atoms with Crippen molar-refractivity contribution in [2.75, 3.05) is 0 Å². The highest BCUT2D eigenvalue weighted by molar-refractivity contribution is 7.07. The minimum atomic E-state index is -1.05. The van der Waals surface area contributed by atoms with Crippen LogP contribution in [-0.4, -0.2) is 16.9 Å². The third-order valence-electron chi connectivity index (χ3n) is 1.62. The molecule has 0 atom stereocenters. The summed E-state index contributed by atoms with van der Waals surface area (Å²) in [6, 6.07) is 1.94. The summed E-state index contributed by atoms with van der Waals surface area (Å²) in [4.78, 5) is 21.1. The number of carboxylic acid groups (broad SMARTS) is 1. The van der Waals surface area contributed by atoms with Gasteiger partial charge in [-0.1, -0.05) is 0 Å². The largest absolute Gasteiger partial charge is 0.481 e. The first kappa shape index (κ1) is 9.92.